The summed E-state index contributed by atoms with van der Waals surface area (Å²) >= 11 is 0. The third-order valence-electron chi connectivity index (χ3n) is 4.64. The minimum absolute atomic E-state index is 0.00555. The molecule has 5 heteroatoms. The number of nitrogens with zero attached hydrogens (tertiary/aromatic N) is 1. The van der Waals surface area contributed by atoms with Crippen molar-refractivity contribution in [2.45, 2.75) is 51.1 Å². The Morgan fingerprint density at radius 3 is 2.68 bits per heavy atom. The largest absolute Gasteiger partial charge is 0.357 e. The number of amides is 2. The summed E-state index contributed by atoms with van der Waals surface area (Å²) in [6, 6.07) is -0.144. The number of hydrogen-bond donors (Lipinski definition) is 2. The number of carbonyl (C=O) groups excluding carboxylic acids is 2. The van der Waals surface area contributed by atoms with Crippen LogP contribution < -0.4 is 11.1 Å². The lowest BCUT2D eigenvalue weighted by molar-refractivity contribution is -0.143. The summed E-state index contributed by atoms with van der Waals surface area (Å²) in [5, 5.41) is 2.66. The Morgan fingerprint density at radius 2 is 2.00 bits per heavy atom. The lowest BCUT2D eigenvalue weighted by atomic mass is 9.77. The molecule has 0 aromatic carbocycles. The normalized spacial score (nSPS) is 35.2. The molecule has 2 amide bonds. The molecule has 2 fully saturated rings. The summed E-state index contributed by atoms with van der Waals surface area (Å²) in [4.78, 5) is 26.3. The Hall–Kier alpha value is -1.10. The number of likely N-dealkylation sites (tertiary alicyclic amines) is 1. The molecule has 5 nitrogen and oxygen atoms in total. The minimum Gasteiger partial charge on any atom is -0.357 e. The highest BCUT2D eigenvalue weighted by molar-refractivity contribution is 5.89. The topological polar surface area (TPSA) is 75.4 Å². The molecule has 108 valence electrons. The first kappa shape index (κ1) is 14.3. The summed E-state index contributed by atoms with van der Waals surface area (Å²) in [5.41, 5.74) is 5.99. The van der Waals surface area contributed by atoms with Gasteiger partial charge in [-0.3, -0.25) is 9.59 Å². The van der Waals surface area contributed by atoms with Crippen molar-refractivity contribution >= 4 is 11.8 Å². The van der Waals surface area contributed by atoms with Crippen molar-refractivity contribution in [3.63, 3.8) is 0 Å². The van der Waals surface area contributed by atoms with Gasteiger partial charge in [-0.1, -0.05) is 6.92 Å². The van der Waals surface area contributed by atoms with Crippen LogP contribution in [0.5, 0.6) is 0 Å². The van der Waals surface area contributed by atoms with E-state index in [1.54, 1.807) is 11.9 Å². The lowest BCUT2D eigenvalue weighted by Gasteiger charge is -2.35. The third kappa shape index (κ3) is 2.91. The average molecular weight is 267 g/mol. The van der Waals surface area contributed by atoms with Crippen molar-refractivity contribution in [3.05, 3.63) is 0 Å². The molecule has 0 bridgehead atoms. The second-order valence-electron chi connectivity index (χ2n) is 5.96. The second-order valence-corrected chi connectivity index (χ2v) is 5.96. The zero-order valence-corrected chi connectivity index (χ0v) is 11.9. The van der Waals surface area contributed by atoms with E-state index in [0.29, 0.717) is 12.5 Å². The molecular formula is C14H25N3O2. The summed E-state index contributed by atoms with van der Waals surface area (Å²) in [7, 11) is 1.63. The van der Waals surface area contributed by atoms with Crippen molar-refractivity contribution in [2.75, 3.05) is 13.6 Å². The van der Waals surface area contributed by atoms with Crippen LogP contribution in [0.2, 0.25) is 0 Å². The molecule has 0 aromatic heterocycles. The van der Waals surface area contributed by atoms with Crippen molar-refractivity contribution in [3.8, 4) is 0 Å². The van der Waals surface area contributed by atoms with Gasteiger partial charge in [0.1, 0.15) is 6.04 Å². The second kappa shape index (κ2) is 5.90. The fraction of sp³-hybridized carbons (Fsp3) is 0.857. The Kier molecular flexibility index (Phi) is 4.45. The molecule has 2 aliphatic rings. The number of hydrogen-bond acceptors (Lipinski definition) is 3. The first-order valence-corrected chi connectivity index (χ1v) is 7.32. The maximum absolute atomic E-state index is 12.7. The van der Waals surface area contributed by atoms with E-state index in [4.69, 9.17) is 5.73 Å². The van der Waals surface area contributed by atoms with Gasteiger partial charge in [-0.2, -0.15) is 0 Å². The highest BCUT2D eigenvalue weighted by Gasteiger charge is 2.40. The number of rotatable bonds is 2. The van der Waals surface area contributed by atoms with Gasteiger partial charge in [0, 0.05) is 25.6 Å². The van der Waals surface area contributed by atoms with Crippen LogP contribution >= 0.6 is 0 Å². The predicted octanol–water partition coefficient (Wildman–Crippen LogP) is 0.487. The van der Waals surface area contributed by atoms with E-state index in [0.717, 1.165) is 32.1 Å². The molecule has 1 saturated carbocycles. The lowest BCUT2D eigenvalue weighted by Crippen LogP contribution is -2.49. The third-order valence-corrected chi connectivity index (χ3v) is 4.64. The van der Waals surface area contributed by atoms with Crippen LogP contribution in [0, 0.1) is 11.8 Å². The highest BCUT2D eigenvalue weighted by Crippen LogP contribution is 2.32. The van der Waals surface area contributed by atoms with Crippen LogP contribution in [0.3, 0.4) is 0 Å². The van der Waals surface area contributed by atoms with Crippen LogP contribution in [0.1, 0.15) is 39.0 Å². The van der Waals surface area contributed by atoms with E-state index in [1.165, 1.54) is 0 Å². The molecule has 1 aliphatic heterocycles. The van der Waals surface area contributed by atoms with Crippen LogP contribution in [0.15, 0.2) is 0 Å². The van der Waals surface area contributed by atoms with E-state index < -0.39 is 0 Å². The molecule has 1 aliphatic carbocycles. The van der Waals surface area contributed by atoms with Gasteiger partial charge in [0.05, 0.1) is 0 Å². The summed E-state index contributed by atoms with van der Waals surface area (Å²) < 4.78 is 0. The van der Waals surface area contributed by atoms with E-state index in [1.807, 2.05) is 0 Å². The molecule has 0 radical (unpaired) electrons. The molecule has 19 heavy (non-hydrogen) atoms. The molecule has 4 unspecified atom stereocenters. The molecular weight excluding hydrogens is 242 g/mol. The van der Waals surface area contributed by atoms with Gasteiger partial charge in [-0.25, -0.2) is 0 Å². The van der Waals surface area contributed by atoms with Crippen molar-refractivity contribution in [2.24, 2.45) is 17.6 Å². The van der Waals surface area contributed by atoms with Crippen molar-refractivity contribution in [1.82, 2.24) is 10.2 Å². The number of nitrogens with two attached hydrogens (primary N) is 1. The predicted molar refractivity (Wildman–Crippen MR) is 73.3 cm³/mol. The monoisotopic (exact) mass is 267 g/mol. The van der Waals surface area contributed by atoms with Gasteiger partial charge in [-0.05, 0) is 38.0 Å². The Morgan fingerprint density at radius 1 is 1.26 bits per heavy atom. The molecule has 0 aromatic rings. The first-order valence-electron chi connectivity index (χ1n) is 7.32. The number of carbonyl (C=O) groups is 2. The van der Waals surface area contributed by atoms with Crippen LogP contribution in [0.4, 0.5) is 0 Å². The van der Waals surface area contributed by atoms with Gasteiger partial charge in [0.2, 0.25) is 11.8 Å². The standard InChI is InChI=1S/C14H25N3O2/c1-9-5-6-10(15)8-11(9)14(19)17-7-3-4-12(17)13(18)16-2/h9-12H,3-8,15H2,1-2H3,(H,16,18). The highest BCUT2D eigenvalue weighted by atomic mass is 16.2. The van der Waals surface area contributed by atoms with Crippen LogP contribution in [-0.4, -0.2) is 42.4 Å². The summed E-state index contributed by atoms with van der Waals surface area (Å²) in [5.74, 6) is 0.458. The zero-order chi connectivity index (χ0) is 14.0. The molecule has 4 atom stereocenters. The van der Waals surface area contributed by atoms with E-state index >= 15 is 0 Å². The fourth-order valence-electron chi connectivity index (χ4n) is 3.38. The van der Waals surface area contributed by atoms with Crippen LogP contribution in [0.25, 0.3) is 0 Å². The quantitative estimate of drug-likeness (QED) is 0.764. The Balaban J connectivity index is 2.07. The minimum atomic E-state index is -0.275. The van der Waals surface area contributed by atoms with Gasteiger partial charge in [0.25, 0.3) is 0 Å². The maximum Gasteiger partial charge on any atom is 0.242 e. The fourth-order valence-corrected chi connectivity index (χ4v) is 3.38. The molecule has 0 spiro atoms. The Labute approximate surface area is 114 Å². The molecule has 2 rings (SSSR count). The zero-order valence-electron chi connectivity index (χ0n) is 11.9. The molecule has 3 N–H and O–H groups in total. The first-order chi connectivity index (χ1) is 9.04. The molecule has 1 heterocycles. The molecule has 1 saturated heterocycles. The van der Waals surface area contributed by atoms with Gasteiger partial charge in [0.15, 0.2) is 0 Å². The van der Waals surface area contributed by atoms with Gasteiger partial charge >= 0.3 is 0 Å². The van der Waals surface area contributed by atoms with Crippen molar-refractivity contribution in [1.29, 1.82) is 0 Å². The average Bonchev–Trinajstić information content (AvgIpc) is 2.89. The number of likely N-dealkylation sites (N-methyl/N-ethyl adjacent to an activating group) is 1. The van der Waals surface area contributed by atoms with Crippen LogP contribution in [-0.2, 0) is 9.59 Å². The van der Waals surface area contributed by atoms with E-state index in [9.17, 15) is 9.59 Å². The summed E-state index contributed by atoms with van der Waals surface area (Å²) in [6.07, 6.45) is 4.46. The maximum atomic E-state index is 12.7. The number of nitrogens with one attached hydrogen (secondary N) is 1. The summed E-state index contributed by atoms with van der Waals surface area (Å²) in [6.45, 7) is 2.83. The Bertz CT molecular complexity index is 359. The van der Waals surface area contributed by atoms with Crippen molar-refractivity contribution < 1.29 is 9.59 Å². The smallest absolute Gasteiger partial charge is 0.242 e. The van der Waals surface area contributed by atoms with E-state index in [2.05, 4.69) is 12.2 Å². The van der Waals surface area contributed by atoms with E-state index in [-0.39, 0.29) is 29.8 Å². The SMILES string of the molecule is CNC(=O)C1CCCN1C(=O)C1CC(N)CCC1C. The van der Waals surface area contributed by atoms with Gasteiger partial charge in [-0.15, -0.1) is 0 Å². The van der Waals surface area contributed by atoms with Gasteiger partial charge < -0.3 is 16.0 Å².